The van der Waals surface area contributed by atoms with E-state index < -0.39 is 23.5 Å². The number of benzene rings is 2. The second-order valence-electron chi connectivity index (χ2n) is 7.94. The lowest BCUT2D eigenvalue weighted by atomic mass is 10.0. The van der Waals surface area contributed by atoms with Crippen LogP contribution in [0.3, 0.4) is 0 Å². The van der Waals surface area contributed by atoms with Crippen molar-refractivity contribution < 1.29 is 29.3 Å². The van der Waals surface area contributed by atoms with Gasteiger partial charge in [0.2, 0.25) is 5.91 Å². The third-order valence-corrected chi connectivity index (χ3v) is 5.81. The number of amides is 1. The van der Waals surface area contributed by atoms with Crippen molar-refractivity contribution in [1.82, 2.24) is 10.3 Å². The number of aryl methyl sites for hydroxylation is 2. The fraction of sp³-hybridized carbons (Fsp3) is 0.208. The molecule has 0 aliphatic rings. The Bertz CT molecular complexity index is 1470. The highest BCUT2D eigenvalue weighted by atomic mass is 16.4. The van der Waals surface area contributed by atoms with Gasteiger partial charge in [0.15, 0.2) is 0 Å². The number of fused-ring (bicyclic) bond motifs is 2. The molecule has 0 aliphatic carbocycles. The number of rotatable bonds is 6. The number of H-pyrrole nitrogens is 1. The molecule has 0 radical (unpaired) electrons. The van der Waals surface area contributed by atoms with Gasteiger partial charge in [-0.2, -0.15) is 0 Å². The van der Waals surface area contributed by atoms with Gasteiger partial charge in [-0.3, -0.25) is 4.79 Å². The predicted octanol–water partition coefficient (Wildman–Crippen LogP) is 1.32. The molecule has 0 saturated heterocycles. The molecule has 0 aliphatic heterocycles. The molecule has 0 bridgehead atoms. The van der Waals surface area contributed by atoms with Crippen molar-refractivity contribution in [1.29, 1.82) is 0 Å². The molecule has 4 rings (SSSR count). The van der Waals surface area contributed by atoms with Crippen LogP contribution in [0.1, 0.15) is 22.3 Å². The fourth-order valence-corrected chi connectivity index (χ4v) is 3.94. The van der Waals surface area contributed by atoms with Crippen LogP contribution in [0, 0.1) is 13.8 Å². The summed E-state index contributed by atoms with van der Waals surface area (Å²) < 4.78 is 5.33. The van der Waals surface area contributed by atoms with Gasteiger partial charge in [-0.25, -0.2) is 4.79 Å². The summed E-state index contributed by atoms with van der Waals surface area (Å²) in [5.74, 6) is -2.15. The standard InChI is InChI=1S/C24H22N2O7/c1-11-15-4-6-20(28)12(2)22(15)33-24(32)16(11)9-21(29)26-19(23(30)31)7-13-10-25-18-5-3-14(27)8-17(13)18/h3-6,8,10,19,25,27-28H,7,9H2,1-2H3,(H,26,29)(H,30,31)/p-1/t19-/m0/s1. The summed E-state index contributed by atoms with van der Waals surface area (Å²) in [6.45, 7) is 3.27. The van der Waals surface area contributed by atoms with Gasteiger partial charge in [-0.05, 0) is 55.3 Å². The topological polar surface area (TPSA) is 156 Å². The smallest absolute Gasteiger partial charge is 0.340 e. The largest absolute Gasteiger partial charge is 0.548 e. The van der Waals surface area contributed by atoms with Gasteiger partial charge in [0, 0.05) is 34.5 Å². The highest BCUT2D eigenvalue weighted by molar-refractivity contribution is 5.89. The molecule has 33 heavy (non-hydrogen) atoms. The number of aromatic nitrogens is 1. The second-order valence-corrected chi connectivity index (χ2v) is 7.94. The first-order valence-corrected chi connectivity index (χ1v) is 10.2. The minimum absolute atomic E-state index is 0.0158. The van der Waals surface area contributed by atoms with Crippen LogP contribution < -0.4 is 16.0 Å². The van der Waals surface area contributed by atoms with E-state index in [9.17, 15) is 29.7 Å². The van der Waals surface area contributed by atoms with E-state index in [1.54, 1.807) is 32.2 Å². The van der Waals surface area contributed by atoms with Crippen molar-refractivity contribution in [2.75, 3.05) is 0 Å². The van der Waals surface area contributed by atoms with Gasteiger partial charge < -0.3 is 34.8 Å². The highest BCUT2D eigenvalue weighted by Gasteiger charge is 2.21. The lowest BCUT2D eigenvalue weighted by Gasteiger charge is -2.20. The highest BCUT2D eigenvalue weighted by Crippen LogP contribution is 2.28. The van der Waals surface area contributed by atoms with Crippen molar-refractivity contribution in [2.24, 2.45) is 0 Å². The summed E-state index contributed by atoms with van der Waals surface area (Å²) in [6.07, 6.45) is 1.13. The van der Waals surface area contributed by atoms with E-state index in [0.717, 1.165) is 0 Å². The van der Waals surface area contributed by atoms with Crippen LogP contribution in [0.2, 0.25) is 0 Å². The van der Waals surface area contributed by atoms with Crippen molar-refractivity contribution in [3.63, 3.8) is 0 Å². The van der Waals surface area contributed by atoms with E-state index in [4.69, 9.17) is 4.42 Å². The van der Waals surface area contributed by atoms with E-state index in [1.165, 1.54) is 18.2 Å². The Morgan fingerprint density at radius 3 is 2.61 bits per heavy atom. The molecule has 0 saturated carbocycles. The third kappa shape index (κ3) is 4.12. The number of phenols is 2. The van der Waals surface area contributed by atoms with E-state index in [0.29, 0.717) is 33.0 Å². The van der Waals surface area contributed by atoms with Crippen LogP contribution >= 0.6 is 0 Å². The second kappa shape index (κ2) is 8.34. The molecule has 2 heterocycles. The lowest BCUT2D eigenvalue weighted by molar-refractivity contribution is -0.308. The Labute approximate surface area is 187 Å². The number of carbonyl (C=O) groups excluding carboxylic acids is 2. The third-order valence-electron chi connectivity index (χ3n) is 5.81. The molecule has 0 unspecified atom stereocenters. The summed E-state index contributed by atoms with van der Waals surface area (Å²) >= 11 is 0. The molecule has 1 amide bonds. The average molecular weight is 449 g/mol. The Morgan fingerprint density at radius 1 is 1.12 bits per heavy atom. The summed E-state index contributed by atoms with van der Waals surface area (Å²) in [6, 6.07) is 6.36. The van der Waals surface area contributed by atoms with Crippen molar-refractivity contribution >= 4 is 33.7 Å². The first-order valence-electron chi connectivity index (χ1n) is 10.2. The zero-order chi connectivity index (χ0) is 23.9. The number of aromatic amines is 1. The molecular formula is C24H21N2O7-. The maximum Gasteiger partial charge on any atom is 0.340 e. The number of aromatic hydroxyl groups is 2. The zero-order valence-corrected chi connectivity index (χ0v) is 17.9. The van der Waals surface area contributed by atoms with Crippen LogP contribution in [0.5, 0.6) is 11.5 Å². The molecule has 0 fully saturated rings. The quantitative estimate of drug-likeness (QED) is 0.324. The van der Waals surface area contributed by atoms with E-state index >= 15 is 0 Å². The number of phenolic OH excluding ortho intramolecular Hbond substituents is 2. The number of carbonyl (C=O) groups is 2. The molecule has 2 aromatic heterocycles. The summed E-state index contributed by atoms with van der Waals surface area (Å²) in [4.78, 5) is 39.9. The Balaban J connectivity index is 1.58. The molecule has 170 valence electrons. The minimum Gasteiger partial charge on any atom is -0.548 e. The first kappa shape index (κ1) is 21.9. The molecular weight excluding hydrogens is 428 g/mol. The number of hydrogen-bond donors (Lipinski definition) is 4. The molecule has 4 aromatic rings. The number of nitrogens with one attached hydrogen (secondary N) is 2. The SMILES string of the molecule is Cc1c(CC(=O)N[C@@H](Cc2c[nH]c3ccc(O)cc23)C(=O)[O-])c(=O)oc2c(C)c(O)ccc12. The molecule has 0 spiro atoms. The maximum absolute atomic E-state index is 12.7. The fourth-order valence-electron chi connectivity index (χ4n) is 3.94. The van der Waals surface area contributed by atoms with Crippen LogP contribution in [0.15, 0.2) is 45.7 Å². The first-order chi connectivity index (χ1) is 15.7. The van der Waals surface area contributed by atoms with E-state index in [1.807, 2.05) is 0 Å². The molecule has 4 N–H and O–H groups in total. The molecule has 9 heteroatoms. The molecule has 2 aromatic carbocycles. The summed E-state index contributed by atoms with van der Waals surface area (Å²) in [5.41, 5.74) is 1.79. The van der Waals surface area contributed by atoms with Crippen LogP contribution in [0.25, 0.3) is 21.9 Å². The summed E-state index contributed by atoms with van der Waals surface area (Å²) in [5, 5.41) is 34.9. The normalized spacial score (nSPS) is 12.2. The van der Waals surface area contributed by atoms with Gasteiger partial charge >= 0.3 is 5.63 Å². The van der Waals surface area contributed by atoms with E-state index in [2.05, 4.69) is 10.3 Å². The molecule has 9 nitrogen and oxygen atoms in total. The van der Waals surface area contributed by atoms with Gasteiger partial charge in [0.05, 0.1) is 24.0 Å². The number of hydrogen-bond acceptors (Lipinski definition) is 7. The van der Waals surface area contributed by atoms with Gasteiger partial charge in [0.1, 0.15) is 17.1 Å². The summed E-state index contributed by atoms with van der Waals surface area (Å²) in [7, 11) is 0. The van der Waals surface area contributed by atoms with Crippen LogP contribution in [-0.4, -0.2) is 33.1 Å². The Hall–Kier alpha value is -4.27. The molecule has 1 atom stereocenters. The minimum atomic E-state index is -1.48. The Kier molecular flexibility index (Phi) is 5.55. The van der Waals surface area contributed by atoms with Gasteiger partial charge in [-0.1, -0.05) is 0 Å². The number of carboxylic acid groups (broad SMARTS) is 1. The number of carboxylic acids is 1. The van der Waals surface area contributed by atoms with E-state index in [-0.39, 0.29) is 35.5 Å². The predicted molar refractivity (Wildman–Crippen MR) is 118 cm³/mol. The van der Waals surface area contributed by atoms with Crippen molar-refractivity contribution in [3.05, 3.63) is 69.2 Å². The van der Waals surface area contributed by atoms with Gasteiger partial charge in [-0.15, -0.1) is 0 Å². The van der Waals surface area contributed by atoms with Crippen LogP contribution in [-0.2, 0) is 22.4 Å². The van der Waals surface area contributed by atoms with Crippen molar-refractivity contribution in [2.45, 2.75) is 32.7 Å². The lowest BCUT2D eigenvalue weighted by Crippen LogP contribution is -2.49. The maximum atomic E-state index is 12.7. The zero-order valence-electron chi connectivity index (χ0n) is 17.9. The average Bonchev–Trinajstić information content (AvgIpc) is 3.15. The van der Waals surface area contributed by atoms with Crippen LogP contribution in [0.4, 0.5) is 0 Å². The Morgan fingerprint density at radius 2 is 1.88 bits per heavy atom. The number of aliphatic carboxylic acids is 1. The van der Waals surface area contributed by atoms with Crippen molar-refractivity contribution in [3.8, 4) is 11.5 Å². The van der Waals surface area contributed by atoms with Gasteiger partial charge in [0.25, 0.3) is 0 Å². The monoisotopic (exact) mass is 449 g/mol.